The highest BCUT2D eigenvalue weighted by molar-refractivity contribution is 8.01. The highest BCUT2D eigenvalue weighted by atomic mass is 32.2. The normalized spacial score (nSPS) is 20.8. The molecular weight excluding hydrogens is 501 g/mol. The first-order valence-corrected chi connectivity index (χ1v) is 12.9. The van der Waals surface area contributed by atoms with Gasteiger partial charge in [0.15, 0.2) is 0 Å². The van der Waals surface area contributed by atoms with E-state index in [9.17, 15) is 32.3 Å². The molecule has 3 atom stereocenters. The molecule has 2 unspecified atom stereocenters. The van der Waals surface area contributed by atoms with Gasteiger partial charge in [-0.25, -0.2) is 22.4 Å². The number of hydrogen-bond acceptors (Lipinski definition) is 8. The molecule has 1 aliphatic heterocycles. The molecule has 1 aliphatic carbocycles. The number of hydrogen-bond donors (Lipinski definition) is 2. The van der Waals surface area contributed by atoms with Crippen molar-refractivity contribution in [1.29, 1.82) is 0 Å². The minimum Gasteiger partial charge on any atom is -0.480 e. The lowest BCUT2D eigenvalue weighted by Crippen LogP contribution is -2.53. The summed E-state index contributed by atoms with van der Waals surface area (Å²) < 4.78 is 46.4. The van der Waals surface area contributed by atoms with Crippen LogP contribution >= 0.6 is 11.8 Å². The van der Waals surface area contributed by atoms with Crippen molar-refractivity contribution in [2.45, 2.75) is 22.9 Å². The molecule has 1 amide bonds. The van der Waals surface area contributed by atoms with E-state index in [1.54, 1.807) is 5.94 Å². The third kappa shape index (κ3) is 6.19. The van der Waals surface area contributed by atoms with Crippen molar-refractivity contribution in [2.24, 2.45) is 5.92 Å². The minimum absolute atomic E-state index is 0.00599. The predicted molar refractivity (Wildman–Crippen MR) is 126 cm³/mol. The van der Waals surface area contributed by atoms with Crippen molar-refractivity contribution in [1.82, 2.24) is 14.5 Å². The molecule has 3 rings (SSSR count). The van der Waals surface area contributed by atoms with Crippen LogP contribution in [0.5, 0.6) is 0 Å². The fraction of sp³-hybridized carbons (Fsp3) is 0.364. The topological polar surface area (TPSA) is 133 Å². The number of halogens is 1. The molecule has 188 valence electrons. The van der Waals surface area contributed by atoms with Crippen molar-refractivity contribution >= 4 is 39.8 Å². The van der Waals surface area contributed by atoms with E-state index in [0.29, 0.717) is 12.3 Å². The van der Waals surface area contributed by atoms with Gasteiger partial charge < -0.3 is 14.7 Å². The number of thioether (sulfide) groups is 1. The van der Waals surface area contributed by atoms with Crippen LogP contribution in [0.15, 0.2) is 58.7 Å². The molecule has 1 aromatic rings. The molecule has 1 aromatic carbocycles. The molecule has 1 heterocycles. The number of nitrogens with one attached hydrogen (secondary N) is 1. The fourth-order valence-electron chi connectivity index (χ4n) is 3.50. The van der Waals surface area contributed by atoms with Crippen LogP contribution in [0.3, 0.4) is 0 Å². The Kier molecular flexibility index (Phi) is 8.51. The van der Waals surface area contributed by atoms with E-state index in [2.05, 4.69) is 5.32 Å². The summed E-state index contributed by atoms with van der Waals surface area (Å²) >= 11 is 1.22. The van der Waals surface area contributed by atoms with E-state index < -0.39 is 45.4 Å². The maximum absolute atomic E-state index is 13.5. The summed E-state index contributed by atoms with van der Waals surface area (Å²) in [6, 6.07) is 2.53. The fourth-order valence-corrected chi connectivity index (χ4v) is 6.58. The monoisotopic (exact) mass is 525 g/mol. The van der Waals surface area contributed by atoms with Gasteiger partial charge in [0, 0.05) is 37.9 Å². The van der Waals surface area contributed by atoms with Crippen LogP contribution in [0.25, 0.3) is 0 Å². The Balaban J connectivity index is 1.94. The SMILES string of the molecule is CN(C)C(=O)OC1=CC(=C=O)C(C[C@@H](C(=O)O)N(C2NCCS2)S(=O)(=O)c2ccc(F)cc2)C=C1. The number of rotatable bonds is 8. The van der Waals surface area contributed by atoms with Gasteiger partial charge in [-0.15, -0.1) is 11.8 Å². The minimum atomic E-state index is -4.38. The van der Waals surface area contributed by atoms with Crippen LogP contribution < -0.4 is 5.32 Å². The molecule has 10 nitrogen and oxygen atoms in total. The molecule has 0 aromatic heterocycles. The number of ether oxygens (including phenoxy) is 1. The molecule has 0 saturated carbocycles. The molecule has 1 fully saturated rings. The Morgan fingerprint density at radius 2 is 2.00 bits per heavy atom. The highest BCUT2D eigenvalue weighted by Gasteiger charge is 2.43. The second kappa shape index (κ2) is 11.2. The quantitative estimate of drug-likeness (QED) is 0.488. The zero-order valence-electron chi connectivity index (χ0n) is 18.9. The lowest BCUT2D eigenvalue weighted by molar-refractivity contribution is -0.142. The molecule has 1 saturated heterocycles. The number of carboxylic acids is 1. The van der Waals surface area contributed by atoms with E-state index in [0.717, 1.165) is 28.6 Å². The van der Waals surface area contributed by atoms with Gasteiger partial charge >= 0.3 is 12.1 Å². The van der Waals surface area contributed by atoms with Crippen LogP contribution in [-0.2, 0) is 24.3 Å². The number of amides is 1. The molecule has 2 aliphatic rings. The highest BCUT2D eigenvalue weighted by Crippen LogP contribution is 2.33. The average Bonchev–Trinajstić information content (AvgIpc) is 3.33. The first kappa shape index (κ1) is 26.6. The predicted octanol–water partition coefficient (Wildman–Crippen LogP) is 1.81. The molecular formula is C22H24FN3O7S2. The molecule has 13 heteroatoms. The van der Waals surface area contributed by atoms with E-state index in [1.165, 1.54) is 49.0 Å². The summed E-state index contributed by atoms with van der Waals surface area (Å²) in [7, 11) is -1.41. The number of nitrogens with zero attached hydrogens (tertiary/aromatic N) is 2. The van der Waals surface area contributed by atoms with Gasteiger partial charge in [-0.05, 0) is 42.8 Å². The van der Waals surface area contributed by atoms with Crippen molar-refractivity contribution in [3.63, 3.8) is 0 Å². The van der Waals surface area contributed by atoms with Crippen molar-refractivity contribution < 1.29 is 37.0 Å². The summed E-state index contributed by atoms with van der Waals surface area (Å²) in [5.74, 6) is -0.522. The zero-order valence-corrected chi connectivity index (χ0v) is 20.5. The maximum atomic E-state index is 13.5. The molecule has 35 heavy (non-hydrogen) atoms. The largest absolute Gasteiger partial charge is 0.480 e. The number of carbonyl (C=O) groups is 2. The van der Waals surface area contributed by atoms with Gasteiger partial charge in [-0.3, -0.25) is 10.1 Å². The van der Waals surface area contributed by atoms with Crippen LogP contribution in [-0.4, -0.2) is 78.7 Å². The van der Waals surface area contributed by atoms with Crippen LogP contribution in [0, 0.1) is 11.7 Å². The maximum Gasteiger partial charge on any atom is 0.414 e. The molecule has 0 spiro atoms. The van der Waals surface area contributed by atoms with E-state index in [4.69, 9.17) is 4.74 Å². The summed E-state index contributed by atoms with van der Waals surface area (Å²) in [4.78, 5) is 36.7. The Hall–Kier alpha value is -2.96. The summed E-state index contributed by atoms with van der Waals surface area (Å²) in [6.45, 7) is 0.462. The van der Waals surface area contributed by atoms with Crippen LogP contribution in [0.2, 0.25) is 0 Å². The van der Waals surface area contributed by atoms with Crippen molar-refractivity contribution in [2.75, 3.05) is 26.4 Å². The van der Waals surface area contributed by atoms with Gasteiger partial charge in [0.2, 0.25) is 10.0 Å². The lowest BCUT2D eigenvalue weighted by atomic mass is 9.89. The number of allylic oxidation sites excluding steroid dienone is 4. The Bertz CT molecular complexity index is 1190. The van der Waals surface area contributed by atoms with Gasteiger partial charge in [0.1, 0.15) is 29.1 Å². The first-order chi connectivity index (χ1) is 16.5. The average molecular weight is 526 g/mol. The van der Waals surface area contributed by atoms with Gasteiger partial charge in [0.05, 0.1) is 4.90 Å². The van der Waals surface area contributed by atoms with E-state index in [1.807, 2.05) is 0 Å². The van der Waals surface area contributed by atoms with Crippen LogP contribution in [0.1, 0.15) is 6.42 Å². The molecule has 0 radical (unpaired) electrons. The number of sulfonamides is 1. The second-order valence-electron chi connectivity index (χ2n) is 7.89. The lowest BCUT2D eigenvalue weighted by Gasteiger charge is -2.34. The van der Waals surface area contributed by atoms with Crippen molar-refractivity contribution in [3.05, 3.63) is 59.6 Å². The second-order valence-corrected chi connectivity index (χ2v) is 10.9. The third-order valence-corrected chi connectivity index (χ3v) is 8.44. The smallest absolute Gasteiger partial charge is 0.414 e. The molecule has 2 N–H and O–H groups in total. The molecule has 0 bridgehead atoms. The number of carbonyl (C=O) groups excluding carboxylic acids is 2. The van der Waals surface area contributed by atoms with E-state index >= 15 is 0 Å². The van der Waals surface area contributed by atoms with E-state index in [-0.39, 0.29) is 22.6 Å². The Morgan fingerprint density at radius 1 is 1.31 bits per heavy atom. The number of carboxylic acid groups (broad SMARTS) is 1. The summed E-state index contributed by atoms with van der Waals surface area (Å²) in [6.07, 6.45) is 3.17. The van der Waals surface area contributed by atoms with Gasteiger partial charge in [0.25, 0.3) is 0 Å². The van der Waals surface area contributed by atoms with Crippen molar-refractivity contribution in [3.8, 4) is 0 Å². The zero-order chi connectivity index (χ0) is 25.8. The van der Waals surface area contributed by atoms with Gasteiger partial charge in [-0.1, -0.05) is 6.08 Å². The third-order valence-electron chi connectivity index (χ3n) is 5.26. The number of aliphatic carboxylic acids is 1. The summed E-state index contributed by atoms with van der Waals surface area (Å²) in [5, 5.41) is 13.0. The van der Waals surface area contributed by atoms with Crippen LogP contribution in [0.4, 0.5) is 9.18 Å². The van der Waals surface area contributed by atoms with Gasteiger partial charge in [-0.2, -0.15) is 4.31 Å². The Morgan fingerprint density at radius 3 is 2.54 bits per heavy atom. The Labute approximate surface area is 206 Å². The first-order valence-electron chi connectivity index (χ1n) is 10.5. The standard InChI is InChI=1S/C22H24FN3O7S2/c1-25(2)22(30)33-17-6-3-14(15(11-17)13-27)12-19(20(28)29)26(21-24-9-10-34-21)35(31,32)18-7-4-16(23)5-8-18/h3-8,11,14,19,21,24H,9-10,12H2,1-2H3,(H,28,29)/t14?,19-,21?/m0/s1. The summed E-state index contributed by atoms with van der Waals surface area (Å²) in [5.41, 5.74) is -0.874. The number of benzene rings is 1.